The minimum atomic E-state index is 0.00632. The zero-order valence-corrected chi connectivity index (χ0v) is 12.7. The second-order valence-electron chi connectivity index (χ2n) is 4.95. The SMILES string of the molecule is Cc1ccc(Br)cc1C(=O)NCC1CCC(Cl)C1. The van der Waals surface area contributed by atoms with Gasteiger partial charge in [-0.2, -0.15) is 0 Å². The monoisotopic (exact) mass is 329 g/mol. The van der Waals surface area contributed by atoms with Crippen LogP contribution in [-0.4, -0.2) is 17.8 Å². The number of amides is 1. The molecule has 0 aliphatic heterocycles. The molecule has 0 saturated heterocycles. The molecule has 0 bridgehead atoms. The number of nitrogens with one attached hydrogen (secondary N) is 1. The van der Waals surface area contributed by atoms with Crippen molar-refractivity contribution >= 4 is 33.4 Å². The van der Waals surface area contributed by atoms with Crippen LogP contribution in [0.2, 0.25) is 0 Å². The van der Waals surface area contributed by atoms with Crippen molar-refractivity contribution in [3.8, 4) is 0 Å². The molecule has 2 rings (SSSR count). The summed E-state index contributed by atoms with van der Waals surface area (Å²) in [5.41, 5.74) is 1.74. The summed E-state index contributed by atoms with van der Waals surface area (Å²) >= 11 is 9.46. The summed E-state index contributed by atoms with van der Waals surface area (Å²) in [6.07, 6.45) is 3.20. The fourth-order valence-electron chi connectivity index (χ4n) is 2.37. The summed E-state index contributed by atoms with van der Waals surface area (Å²) in [6, 6.07) is 5.76. The van der Waals surface area contributed by atoms with Crippen molar-refractivity contribution < 1.29 is 4.79 Å². The Labute approximate surface area is 121 Å². The molecular formula is C14H17BrClNO. The third-order valence-electron chi connectivity index (χ3n) is 3.47. The van der Waals surface area contributed by atoms with E-state index in [1.807, 2.05) is 25.1 Å². The molecule has 1 fully saturated rings. The highest BCUT2D eigenvalue weighted by molar-refractivity contribution is 9.10. The zero-order valence-electron chi connectivity index (χ0n) is 10.4. The van der Waals surface area contributed by atoms with Crippen molar-refractivity contribution in [1.82, 2.24) is 5.32 Å². The molecule has 0 radical (unpaired) electrons. The normalized spacial score (nSPS) is 23.1. The summed E-state index contributed by atoms with van der Waals surface area (Å²) in [4.78, 5) is 12.1. The number of alkyl halides is 1. The molecule has 4 heteroatoms. The molecule has 98 valence electrons. The van der Waals surface area contributed by atoms with E-state index in [4.69, 9.17) is 11.6 Å². The van der Waals surface area contributed by atoms with Gasteiger partial charge in [-0.15, -0.1) is 11.6 Å². The fourth-order valence-corrected chi connectivity index (χ4v) is 3.11. The van der Waals surface area contributed by atoms with Gasteiger partial charge < -0.3 is 5.32 Å². The van der Waals surface area contributed by atoms with Gasteiger partial charge in [-0.25, -0.2) is 0 Å². The third kappa shape index (κ3) is 3.48. The summed E-state index contributed by atoms with van der Waals surface area (Å²) in [6.45, 7) is 2.68. The van der Waals surface area contributed by atoms with E-state index in [0.29, 0.717) is 11.3 Å². The third-order valence-corrected chi connectivity index (χ3v) is 4.36. The van der Waals surface area contributed by atoms with E-state index in [1.165, 1.54) is 0 Å². The van der Waals surface area contributed by atoms with Gasteiger partial charge >= 0.3 is 0 Å². The smallest absolute Gasteiger partial charge is 0.251 e. The molecular weight excluding hydrogens is 314 g/mol. The first-order valence-corrected chi connectivity index (χ1v) is 7.47. The second kappa shape index (κ2) is 6.07. The Kier molecular flexibility index (Phi) is 4.68. The predicted molar refractivity (Wildman–Crippen MR) is 78.2 cm³/mol. The molecule has 1 saturated carbocycles. The van der Waals surface area contributed by atoms with E-state index >= 15 is 0 Å². The van der Waals surface area contributed by atoms with Crippen LogP contribution in [0.5, 0.6) is 0 Å². The van der Waals surface area contributed by atoms with Crippen LogP contribution in [0.1, 0.15) is 35.2 Å². The summed E-state index contributed by atoms with van der Waals surface area (Å²) in [5, 5.41) is 3.30. The molecule has 2 atom stereocenters. The number of carbonyl (C=O) groups is 1. The lowest BCUT2D eigenvalue weighted by molar-refractivity contribution is 0.0946. The molecule has 0 spiro atoms. The molecule has 1 aromatic carbocycles. The number of carbonyl (C=O) groups excluding carboxylic acids is 1. The van der Waals surface area contributed by atoms with Gasteiger partial charge in [-0.3, -0.25) is 4.79 Å². The minimum absolute atomic E-state index is 0.00632. The molecule has 0 aromatic heterocycles. The highest BCUT2D eigenvalue weighted by Crippen LogP contribution is 2.28. The van der Waals surface area contributed by atoms with Gasteiger partial charge in [-0.1, -0.05) is 22.0 Å². The highest BCUT2D eigenvalue weighted by Gasteiger charge is 2.23. The van der Waals surface area contributed by atoms with Crippen LogP contribution in [0, 0.1) is 12.8 Å². The lowest BCUT2D eigenvalue weighted by atomic mass is 10.1. The number of rotatable bonds is 3. The molecule has 2 unspecified atom stereocenters. The van der Waals surface area contributed by atoms with Crippen molar-refractivity contribution in [2.45, 2.75) is 31.6 Å². The van der Waals surface area contributed by atoms with E-state index in [2.05, 4.69) is 21.2 Å². The highest BCUT2D eigenvalue weighted by atomic mass is 79.9. The maximum absolute atomic E-state index is 12.1. The number of benzene rings is 1. The summed E-state index contributed by atoms with van der Waals surface area (Å²) < 4.78 is 0.930. The first-order chi connectivity index (χ1) is 8.56. The molecule has 18 heavy (non-hydrogen) atoms. The summed E-state index contributed by atoms with van der Waals surface area (Å²) in [5.74, 6) is 0.538. The van der Waals surface area contributed by atoms with Gasteiger partial charge in [0.05, 0.1) is 0 Å². The van der Waals surface area contributed by atoms with E-state index in [0.717, 1.165) is 41.4 Å². The molecule has 1 aromatic rings. The van der Waals surface area contributed by atoms with Crippen LogP contribution in [0.25, 0.3) is 0 Å². The largest absolute Gasteiger partial charge is 0.352 e. The average Bonchev–Trinajstić information content (AvgIpc) is 2.75. The molecule has 1 N–H and O–H groups in total. The van der Waals surface area contributed by atoms with Gasteiger partial charge in [0.25, 0.3) is 5.91 Å². The van der Waals surface area contributed by atoms with Crippen molar-refractivity contribution in [1.29, 1.82) is 0 Å². The van der Waals surface area contributed by atoms with E-state index in [9.17, 15) is 4.79 Å². The lowest BCUT2D eigenvalue weighted by Crippen LogP contribution is -2.29. The summed E-state index contributed by atoms with van der Waals surface area (Å²) in [7, 11) is 0. The quantitative estimate of drug-likeness (QED) is 0.837. The zero-order chi connectivity index (χ0) is 13.1. The lowest BCUT2D eigenvalue weighted by Gasteiger charge is -2.12. The number of aryl methyl sites for hydroxylation is 1. The standard InChI is InChI=1S/C14H17BrClNO/c1-9-2-4-11(15)7-13(9)14(18)17-8-10-3-5-12(16)6-10/h2,4,7,10,12H,3,5-6,8H2,1H3,(H,17,18). The van der Waals surface area contributed by atoms with Gasteiger partial charge in [0.1, 0.15) is 0 Å². The molecule has 0 heterocycles. The Balaban J connectivity index is 1.93. The van der Waals surface area contributed by atoms with Crippen LogP contribution in [0.3, 0.4) is 0 Å². The van der Waals surface area contributed by atoms with Gasteiger partial charge in [0.2, 0.25) is 0 Å². The Morgan fingerprint density at radius 1 is 1.50 bits per heavy atom. The Morgan fingerprint density at radius 3 is 2.94 bits per heavy atom. The number of halogens is 2. The molecule has 2 nitrogen and oxygen atoms in total. The van der Waals surface area contributed by atoms with Crippen LogP contribution in [0.4, 0.5) is 0 Å². The van der Waals surface area contributed by atoms with Gasteiger partial charge in [0.15, 0.2) is 0 Å². The maximum atomic E-state index is 12.1. The Bertz CT molecular complexity index is 449. The first kappa shape index (κ1) is 13.9. The van der Waals surface area contributed by atoms with Crippen molar-refractivity contribution in [3.63, 3.8) is 0 Å². The van der Waals surface area contributed by atoms with Crippen molar-refractivity contribution in [2.24, 2.45) is 5.92 Å². The Hall–Kier alpha value is -0.540. The average molecular weight is 331 g/mol. The predicted octanol–water partition coefficient (Wildman–Crippen LogP) is 3.89. The maximum Gasteiger partial charge on any atom is 0.251 e. The van der Waals surface area contributed by atoms with Crippen LogP contribution in [-0.2, 0) is 0 Å². The van der Waals surface area contributed by atoms with E-state index < -0.39 is 0 Å². The number of hydrogen-bond donors (Lipinski definition) is 1. The van der Waals surface area contributed by atoms with E-state index in [-0.39, 0.29) is 5.91 Å². The van der Waals surface area contributed by atoms with Gasteiger partial charge in [-0.05, 0) is 49.8 Å². The molecule has 1 aliphatic rings. The Morgan fingerprint density at radius 2 is 2.28 bits per heavy atom. The van der Waals surface area contributed by atoms with Gasteiger partial charge in [0, 0.05) is 22.0 Å². The van der Waals surface area contributed by atoms with Crippen LogP contribution >= 0.6 is 27.5 Å². The van der Waals surface area contributed by atoms with Crippen molar-refractivity contribution in [2.75, 3.05) is 6.54 Å². The minimum Gasteiger partial charge on any atom is -0.352 e. The fraction of sp³-hybridized carbons (Fsp3) is 0.500. The second-order valence-corrected chi connectivity index (χ2v) is 6.48. The van der Waals surface area contributed by atoms with Crippen LogP contribution in [0.15, 0.2) is 22.7 Å². The van der Waals surface area contributed by atoms with Crippen LogP contribution < -0.4 is 5.32 Å². The number of hydrogen-bond acceptors (Lipinski definition) is 1. The molecule has 1 amide bonds. The topological polar surface area (TPSA) is 29.1 Å². The van der Waals surface area contributed by atoms with E-state index in [1.54, 1.807) is 0 Å². The van der Waals surface area contributed by atoms with Crippen molar-refractivity contribution in [3.05, 3.63) is 33.8 Å². The molecule has 1 aliphatic carbocycles. The first-order valence-electron chi connectivity index (χ1n) is 6.24.